The number of hydrogen-bond donors (Lipinski definition) is 6. The fourth-order valence-corrected chi connectivity index (χ4v) is 13.7. The summed E-state index contributed by atoms with van der Waals surface area (Å²) in [6, 6.07) is 39.0. The van der Waals surface area contributed by atoms with Gasteiger partial charge in [0.1, 0.15) is 24.6 Å². The second kappa shape index (κ2) is 32.7. The number of Topliss-reactive ketones (excluding diaryl/α,β-unsaturated/α-hetero) is 3. The second-order valence-electron chi connectivity index (χ2n) is 26.5. The summed E-state index contributed by atoms with van der Waals surface area (Å²) in [4.78, 5) is 94.8. The molecule has 0 unspecified atom stereocenters. The third-order valence-corrected chi connectivity index (χ3v) is 19.3. The Morgan fingerprint density at radius 3 is 1.16 bits per heavy atom. The molecule has 5 aliphatic rings. The van der Waals surface area contributed by atoms with Crippen molar-refractivity contribution in [3.8, 4) is 22.5 Å². The lowest BCUT2D eigenvalue weighted by Crippen LogP contribution is -2.38. The van der Waals surface area contributed by atoms with Crippen molar-refractivity contribution in [1.82, 2.24) is 79.7 Å². The molecule has 11 aromatic rings. The van der Waals surface area contributed by atoms with Gasteiger partial charge in [-0.25, -0.2) is 39.9 Å². The predicted molar refractivity (Wildman–Crippen MR) is 392 cm³/mol. The molecule has 0 saturated carbocycles. The van der Waals surface area contributed by atoms with E-state index in [-0.39, 0.29) is 48.8 Å². The van der Waals surface area contributed by atoms with E-state index < -0.39 is 5.97 Å². The van der Waals surface area contributed by atoms with Gasteiger partial charge in [-0.1, -0.05) is 118 Å². The minimum absolute atomic E-state index is 0.0141. The number of rotatable bonds is 21. The summed E-state index contributed by atoms with van der Waals surface area (Å²) in [5.74, 6) is 1.12. The van der Waals surface area contributed by atoms with Crippen molar-refractivity contribution in [2.45, 2.75) is 155 Å². The van der Waals surface area contributed by atoms with Crippen molar-refractivity contribution in [1.29, 1.82) is 0 Å². The number of H-pyrrole nitrogens is 1. The molecule has 0 saturated heterocycles. The molecule has 0 spiro atoms. The van der Waals surface area contributed by atoms with Crippen LogP contribution in [0.15, 0.2) is 159 Å². The Balaban J connectivity index is 0.000000126. The number of aryl methyl sites for hydroxylation is 2. The largest absolute Gasteiger partial charge is 0.480 e. The van der Waals surface area contributed by atoms with Crippen LogP contribution < -0.4 is 21.3 Å². The van der Waals surface area contributed by atoms with E-state index in [1.807, 2.05) is 24.0 Å². The Morgan fingerprint density at radius 2 is 0.817 bits per heavy atom. The van der Waals surface area contributed by atoms with E-state index in [1.54, 1.807) is 48.8 Å². The number of fused-ring (bicyclic) bond motifs is 5. The lowest BCUT2D eigenvalue weighted by molar-refractivity contribution is -0.138. The third-order valence-electron chi connectivity index (χ3n) is 19.3. The van der Waals surface area contributed by atoms with Crippen LogP contribution in [-0.2, 0) is 105 Å². The van der Waals surface area contributed by atoms with E-state index in [9.17, 15) is 24.0 Å². The molecular weight excluding hydrogens is 1310 g/mol. The zero-order valence-electron chi connectivity index (χ0n) is 58.5. The molecule has 4 aromatic carbocycles. The fourth-order valence-electron chi connectivity index (χ4n) is 13.7. The van der Waals surface area contributed by atoms with Gasteiger partial charge in [0.2, 0.25) is 29.7 Å². The topological polar surface area (TPSA) is 337 Å². The van der Waals surface area contributed by atoms with Gasteiger partial charge >= 0.3 is 5.97 Å². The van der Waals surface area contributed by atoms with Crippen molar-refractivity contribution in [2.24, 2.45) is 0 Å². The van der Waals surface area contributed by atoms with Gasteiger partial charge < -0.3 is 31.3 Å². The molecule has 0 atom stereocenters. The summed E-state index contributed by atoms with van der Waals surface area (Å²) in [6.07, 6.45) is 23.4. The second-order valence-corrected chi connectivity index (χ2v) is 26.5. The summed E-state index contributed by atoms with van der Waals surface area (Å²) in [7, 11) is 0. The zero-order valence-corrected chi connectivity index (χ0v) is 58.5. The number of amides is 1. The first-order valence-electron chi connectivity index (χ1n) is 35.4. The summed E-state index contributed by atoms with van der Waals surface area (Å²) in [5.41, 5.74) is 18.7. The van der Waals surface area contributed by atoms with Crippen LogP contribution in [0.2, 0.25) is 0 Å². The Kier molecular flexibility index (Phi) is 22.1. The number of carbonyl (C=O) groups excluding carboxylic acids is 4. The average molecular weight is 1400 g/mol. The smallest absolute Gasteiger partial charge is 0.325 e. The van der Waals surface area contributed by atoms with Gasteiger partial charge in [0.15, 0.2) is 11.6 Å². The summed E-state index contributed by atoms with van der Waals surface area (Å²) in [6.45, 7) is 8.47. The minimum Gasteiger partial charge on any atom is -0.480 e. The molecule has 1 amide bonds. The highest BCUT2D eigenvalue weighted by atomic mass is 16.4. The number of carboxylic acid groups (broad SMARTS) is 1. The van der Waals surface area contributed by atoms with Crippen LogP contribution in [0.25, 0.3) is 22.5 Å². The number of hydrogen-bond acceptors (Lipinski definition) is 21. The van der Waals surface area contributed by atoms with E-state index in [0.29, 0.717) is 91.1 Å². The molecule has 26 nitrogen and oxygen atoms in total. The van der Waals surface area contributed by atoms with Gasteiger partial charge in [-0.2, -0.15) is 25.6 Å². The van der Waals surface area contributed by atoms with Crippen LogP contribution in [0.4, 0.5) is 23.8 Å². The summed E-state index contributed by atoms with van der Waals surface area (Å²) < 4.78 is 3.30. The lowest BCUT2D eigenvalue weighted by atomic mass is 10.1. The molecule has 1 aliphatic heterocycles. The number of nitrogens with one attached hydrogen (secondary N) is 5. The van der Waals surface area contributed by atoms with Crippen LogP contribution in [0.1, 0.15) is 129 Å². The van der Waals surface area contributed by atoms with Gasteiger partial charge in [0.25, 0.3) is 0 Å². The zero-order chi connectivity index (χ0) is 72.1. The number of aromatic nitrogens is 15. The van der Waals surface area contributed by atoms with Crippen molar-refractivity contribution < 1.29 is 29.1 Å². The number of carbonyl (C=O) groups is 5. The Morgan fingerprint density at radius 1 is 0.471 bits per heavy atom. The number of nitrogens with zero attached hydrogens (tertiary/aromatic N) is 15. The number of aromatic amines is 1. The summed E-state index contributed by atoms with van der Waals surface area (Å²) in [5, 5.41) is 42.5. The van der Waals surface area contributed by atoms with Gasteiger partial charge in [-0.15, -0.1) is 0 Å². The summed E-state index contributed by atoms with van der Waals surface area (Å²) >= 11 is 0. The molecule has 26 heteroatoms. The maximum atomic E-state index is 13.0. The quantitative estimate of drug-likeness (QED) is 0.0288. The standard InChI is InChI=1S/C25H27N9O.C20H21N5O2.C18H19N3O2.C15H15N3O/c1-2-20-11-22(31-34(20)15-24(35)33-8-7-21-23(14-33)30-32-29-21)18-12-26-25(27-13-18)28-19-9-16-5-3-4-6-17(16)10-19;1-2-17-9-18(24-25(17)12-19(26)27)15-10-21-20(22-11-15)23-16-7-13-5-3-4-6-14(13)8-16;1-2-16(22)9-17(23)14-10-19-18(20-11-14)21-15-7-12-5-3-4-6-13(12)8-15;1-10(19)13-8-16-15(17-9-13)18-14-6-11-4-2-3-5-12(11)7-14/h3-6,11-13,19H,2,7-10,14-15H2,1H3,(H,26,27,28)(H,29,30,32);3-6,9-11,16H,2,7-8,12H2,1H3,(H,26,27)(H,21,22,23);3-6,10-11,15H,2,7-9H2,1H3,(H,19,20,21);2-5,8-9,14H,6-7H2,1H3,(H,16,17,18). The molecule has 0 bridgehead atoms. The van der Waals surface area contributed by atoms with Crippen LogP contribution in [0.5, 0.6) is 0 Å². The number of aliphatic carboxylic acids is 1. The number of benzene rings is 4. The normalized spacial score (nSPS) is 14.2. The monoisotopic (exact) mass is 1390 g/mol. The fraction of sp³-hybridized carbons (Fsp3) is 0.321. The molecule has 0 fully saturated rings. The highest BCUT2D eigenvalue weighted by Crippen LogP contribution is 2.29. The Bertz CT molecular complexity index is 4740. The third kappa shape index (κ3) is 17.6. The van der Waals surface area contributed by atoms with Crippen LogP contribution >= 0.6 is 0 Å². The van der Waals surface area contributed by atoms with Crippen molar-refractivity contribution >= 4 is 53.0 Å². The van der Waals surface area contributed by atoms with E-state index in [2.05, 4.69) is 186 Å². The van der Waals surface area contributed by atoms with E-state index in [4.69, 9.17) is 10.2 Å². The molecule has 104 heavy (non-hydrogen) atoms. The molecule has 6 N–H and O–H groups in total. The molecule has 4 aliphatic carbocycles. The van der Waals surface area contributed by atoms with Gasteiger partial charge in [0, 0.05) is 116 Å². The number of carboxylic acids is 1. The Hall–Kier alpha value is -12.1. The van der Waals surface area contributed by atoms with Gasteiger partial charge in [-0.3, -0.25) is 33.3 Å². The van der Waals surface area contributed by atoms with Crippen LogP contribution in [0.3, 0.4) is 0 Å². The van der Waals surface area contributed by atoms with Gasteiger partial charge in [0.05, 0.1) is 41.2 Å². The number of anilines is 4. The maximum absolute atomic E-state index is 13.0. The maximum Gasteiger partial charge on any atom is 0.325 e. The molecule has 0 radical (unpaired) electrons. The van der Waals surface area contributed by atoms with E-state index in [1.165, 1.54) is 68.5 Å². The molecule has 7 aromatic heterocycles. The van der Waals surface area contributed by atoms with Crippen molar-refractivity contribution in [3.05, 3.63) is 237 Å². The molecule has 530 valence electrons. The molecule has 16 rings (SSSR count). The first-order chi connectivity index (χ1) is 50.6. The highest BCUT2D eigenvalue weighted by molar-refractivity contribution is 6.07. The van der Waals surface area contributed by atoms with Crippen LogP contribution in [0, 0.1) is 0 Å². The predicted octanol–water partition coefficient (Wildman–Crippen LogP) is 9.62. The molecule has 8 heterocycles. The van der Waals surface area contributed by atoms with Crippen molar-refractivity contribution in [3.63, 3.8) is 0 Å². The highest BCUT2D eigenvalue weighted by Gasteiger charge is 2.28. The molecular formula is C78H82N20O6. The van der Waals surface area contributed by atoms with Crippen molar-refractivity contribution in [2.75, 3.05) is 27.8 Å². The number of ketones is 3. The lowest BCUT2D eigenvalue weighted by Gasteiger charge is -2.25. The van der Waals surface area contributed by atoms with E-state index >= 15 is 0 Å². The minimum atomic E-state index is -0.910. The Labute approximate surface area is 601 Å². The SMILES string of the molecule is CC(=O)c1cnc(NC2Cc3ccccc3C2)nc1.CCC(=O)CC(=O)c1cnc(NC2Cc3ccccc3C2)nc1.CCc1cc(-c2cnc(NC3Cc4ccccc4C3)nc2)nn1CC(=O)N1CCc2n[nH]nc2C1.CCc1cc(-c2cnc(NC3Cc4ccccc4C3)nc2)nn1CC(=O)O. The first-order valence-corrected chi connectivity index (χ1v) is 35.4. The first kappa shape index (κ1) is 70.4. The van der Waals surface area contributed by atoms with E-state index in [0.717, 1.165) is 97.4 Å². The van der Waals surface area contributed by atoms with Gasteiger partial charge in [-0.05, 0) is 128 Å². The van der Waals surface area contributed by atoms with Crippen LogP contribution in [-0.4, -0.2) is 145 Å². The average Bonchev–Trinajstić information content (AvgIpc) is 1.68.